The molecule has 0 aromatic carbocycles. The molecular formula is C3H2ClN3OS. The number of rotatable bonds is 0. The summed E-state index contributed by atoms with van der Waals surface area (Å²) in [5.41, 5.74) is 0. The Hall–Kier alpha value is -0.550. The summed E-state index contributed by atoms with van der Waals surface area (Å²) < 4.78 is 0.0459. The zero-order valence-corrected chi connectivity index (χ0v) is 5.82. The smallest absolute Gasteiger partial charge is 0.269 e. The molecule has 1 rings (SSSR count). The first-order valence-electron chi connectivity index (χ1n) is 2.11. The largest absolute Gasteiger partial charge is 0.287 e. The second-order valence-corrected chi connectivity index (χ2v) is 2.36. The first kappa shape index (κ1) is 6.57. The Kier molecular flexibility index (Phi) is 1.73. The Balaban J connectivity index is 2.60. The number of hydrogen-bond acceptors (Lipinski definition) is 3. The molecule has 1 aliphatic heterocycles. The van der Waals surface area contributed by atoms with Gasteiger partial charge in [0.25, 0.3) is 5.91 Å². The van der Waals surface area contributed by atoms with Crippen molar-refractivity contribution in [2.24, 2.45) is 10.3 Å². The van der Waals surface area contributed by atoms with Crippen molar-refractivity contribution in [2.45, 2.75) is 0 Å². The first-order chi connectivity index (χ1) is 4.20. The first-order valence-corrected chi connectivity index (χ1v) is 2.90. The maximum absolute atomic E-state index is 10.3. The van der Waals surface area contributed by atoms with E-state index in [1.807, 2.05) is 0 Å². The van der Waals surface area contributed by atoms with E-state index in [9.17, 15) is 4.79 Å². The molecule has 9 heavy (non-hydrogen) atoms. The summed E-state index contributed by atoms with van der Waals surface area (Å²) in [4.78, 5) is 10.3. The number of thiocarbonyl (C=S) groups is 1. The summed E-state index contributed by atoms with van der Waals surface area (Å²) >= 11 is 9.79. The summed E-state index contributed by atoms with van der Waals surface area (Å²) in [6.45, 7) is 0.0718. The van der Waals surface area contributed by atoms with Crippen molar-refractivity contribution in [1.82, 2.24) is 5.01 Å². The number of carbonyl (C=O) groups is 1. The molecule has 0 spiro atoms. The van der Waals surface area contributed by atoms with Crippen LogP contribution >= 0.6 is 23.8 Å². The molecule has 0 atom stereocenters. The molecule has 0 N–H and O–H groups in total. The molecule has 0 saturated carbocycles. The highest BCUT2D eigenvalue weighted by Gasteiger charge is 2.17. The predicted molar refractivity (Wildman–Crippen MR) is 35.0 cm³/mol. The van der Waals surface area contributed by atoms with Crippen LogP contribution in [0.25, 0.3) is 0 Å². The van der Waals surface area contributed by atoms with Crippen molar-refractivity contribution in [3.05, 3.63) is 0 Å². The van der Waals surface area contributed by atoms with E-state index in [-0.39, 0.29) is 16.9 Å². The van der Waals surface area contributed by atoms with Crippen LogP contribution in [-0.4, -0.2) is 21.9 Å². The zero-order chi connectivity index (χ0) is 6.85. The maximum atomic E-state index is 10.3. The summed E-state index contributed by atoms with van der Waals surface area (Å²) in [6, 6.07) is 0. The number of carbonyl (C=O) groups excluding carboxylic acids is 1. The van der Waals surface area contributed by atoms with E-state index in [0.29, 0.717) is 0 Å². The molecule has 0 aromatic rings. The predicted octanol–water partition coefficient (Wildman–Crippen LogP) is 0.720. The van der Waals surface area contributed by atoms with Gasteiger partial charge in [-0.05, 0) is 23.8 Å². The Bertz CT molecular complexity index is 191. The van der Waals surface area contributed by atoms with Gasteiger partial charge in [0.2, 0.25) is 0 Å². The average Bonchev–Trinajstić information content (AvgIpc) is 2.14. The third-order valence-corrected chi connectivity index (χ3v) is 1.16. The van der Waals surface area contributed by atoms with Gasteiger partial charge in [-0.25, -0.2) is 5.01 Å². The molecule has 4 nitrogen and oxygen atoms in total. The van der Waals surface area contributed by atoms with Gasteiger partial charge in [0.05, 0.1) is 0 Å². The fourth-order valence-electron chi connectivity index (χ4n) is 0.393. The zero-order valence-electron chi connectivity index (χ0n) is 4.24. The molecule has 0 aromatic heterocycles. The number of hydrogen-bond donors (Lipinski definition) is 0. The third kappa shape index (κ3) is 1.43. The van der Waals surface area contributed by atoms with E-state index in [0.717, 1.165) is 5.01 Å². The van der Waals surface area contributed by atoms with Crippen molar-refractivity contribution in [3.8, 4) is 0 Å². The minimum absolute atomic E-state index is 0.0459. The molecule has 1 heterocycles. The Morgan fingerprint density at radius 2 is 2.56 bits per heavy atom. The van der Waals surface area contributed by atoms with Crippen molar-refractivity contribution in [1.29, 1.82) is 0 Å². The molecule has 1 aliphatic rings. The van der Waals surface area contributed by atoms with Crippen LogP contribution in [0.3, 0.4) is 0 Å². The molecular weight excluding hydrogens is 162 g/mol. The molecule has 0 radical (unpaired) electrons. The number of nitrogens with zero attached hydrogens (tertiary/aromatic N) is 3. The van der Waals surface area contributed by atoms with Crippen LogP contribution in [0.5, 0.6) is 0 Å². The number of amides is 1. The van der Waals surface area contributed by atoms with Gasteiger partial charge in [-0.15, -0.1) is 0 Å². The van der Waals surface area contributed by atoms with Crippen LogP contribution in [0.4, 0.5) is 0 Å². The standard InChI is InChI=1S/C3H2ClN3OS/c4-3(9)7-1-2(8)5-6-7/h1H2. The van der Waals surface area contributed by atoms with Gasteiger partial charge in [-0.3, -0.25) is 4.79 Å². The highest BCUT2D eigenvalue weighted by atomic mass is 35.5. The Labute approximate surface area is 61.5 Å². The SMILES string of the molecule is O=C1CN(C(=S)Cl)N=N1. The molecule has 0 fully saturated rings. The van der Waals surface area contributed by atoms with Gasteiger partial charge in [0.15, 0.2) is 4.45 Å². The lowest BCUT2D eigenvalue weighted by atomic mass is 10.6. The quantitative estimate of drug-likeness (QED) is 0.300. The Morgan fingerprint density at radius 3 is 2.78 bits per heavy atom. The molecule has 0 bridgehead atoms. The third-order valence-electron chi connectivity index (χ3n) is 0.752. The minimum Gasteiger partial charge on any atom is -0.269 e. The van der Waals surface area contributed by atoms with Gasteiger partial charge in [-0.2, -0.15) is 0 Å². The second kappa shape index (κ2) is 2.36. The minimum atomic E-state index is -0.321. The molecule has 0 saturated heterocycles. The van der Waals surface area contributed by atoms with Crippen LogP contribution in [0.15, 0.2) is 10.3 Å². The number of halogens is 1. The van der Waals surface area contributed by atoms with E-state index in [1.54, 1.807) is 0 Å². The molecule has 48 valence electrons. The summed E-state index contributed by atoms with van der Waals surface area (Å²) in [5, 5.41) is 7.68. The molecule has 0 aliphatic carbocycles. The van der Waals surface area contributed by atoms with Gasteiger partial charge >= 0.3 is 0 Å². The fourth-order valence-corrected chi connectivity index (χ4v) is 0.587. The van der Waals surface area contributed by atoms with E-state index < -0.39 is 0 Å². The van der Waals surface area contributed by atoms with Gasteiger partial charge in [-0.1, -0.05) is 10.3 Å². The van der Waals surface area contributed by atoms with Crippen LogP contribution in [-0.2, 0) is 4.79 Å². The van der Waals surface area contributed by atoms with Crippen LogP contribution < -0.4 is 0 Å². The molecule has 6 heteroatoms. The van der Waals surface area contributed by atoms with Crippen molar-refractivity contribution in [2.75, 3.05) is 6.54 Å². The summed E-state index contributed by atoms with van der Waals surface area (Å²) in [7, 11) is 0. The fraction of sp³-hybridized carbons (Fsp3) is 0.333. The normalized spacial score (nSPS) is 17.0. The second-order valence-electron chi connectivity index (χ2n) is 1.39. The average molecular weight is 164 g/mol. The lowest BCUT2D eigenvalue weighted by Crippen LogP contribution is -2.19. The van der Waals surface area contributed by atoms with Gasteiger partial charge in [0.1, 0.15) is 6.54 Å². The summed E-state index contributed by atoms with van der Waals surface area (Å²) in [6.07, 6.45) is 0. The van der Waals surface area contributed by atoms with E-state index in [4.69, 9.17) is 11.6 Å². The van der Waals surface area contributed by atoms with Crippen molar-refractivity contribution < 1.29 is 4.79 Å². The van der Waals surface area contributed by atoms with E-state index in [2.05, 4.69) is 22.6 Å². The van der Waals surface area contributed by atoms with Crippen LogP contribution in [0, 0.1) is 0 Å². The lowest BCUT2D eigenvalue weighted by Gasteiger charge is -2.02. The monoisotopic (exact) mass is 163 g/mol. The van der Waals surface area contributed by atoms with Crippen LogP contribution in [0.2, 0.25) is 0 Å². The molecule has 0 unspecified atom stereocenters. The van der Waals surface area contributed by atoms with Crippen molar-refractivity contribution in [3.63, 3.8) is 0 Å². The highest BCUT2D eigenvalue weighted by Crippen LogP contribution is 2.05. The van der Waals surface area contributed by atoms with Crippen LogP contribution in [0.1, 0.15) is 0 Å². The van der Waals surface area contributed by atoms with Crippen molar-refractivity contribution >= 4 is 34.2 Å². The lowest BCUT2D eigenvalue weighted by molar-refractivity contribution is -0.116. The summed E-state index contributed by atoms with van der Waals surface area (Å²) in [5.74, 6) is -0.321. The highest BCUT2D eigenvalue weighted by molar-refractivity contribution is 7.83. The van der Waals surface area contributed by atoms with Gasteiger partial charge < -0.3 is 0 Å². The van der Waals surface area contributed by atoms with E-state index >= 15 is 0 Å². The van der Waals surface area contributed by atoms with Gasteiger partial charge in [0, 0.05) is 0 Å². The topological polar surface area (TPSA) is 45.0 Å². The molecule has 1 amide bonds. The van der Waals surface area contributed by atoms with E-state index in [1.165, 1.54) is 0 Å². The maximum Gasteiger partial charge on any atom is 0.287 e. The Morgan fingerprint density at radius 1 is 1.89 bits per heavy atom.